The van der Waals surface area contributed by atoms with Crippen molar-refractivity contribution in [2.24, 2.45) is 0 Å². The van der Waals surface area contributed by atoms with Gasteiger partial charge in [-0.2, -0.15) is 0 Å². The van der Waals surface area contributed by atoms with E-state index in [4.69, 9.17) is 4.74 Å². The van der Waals surface area contributed by atoms with Crippen LogP contribution in [-0.4, -0.2) is 21.8 Å². The lowest BCUT2D eigenvalue weighted by Crippen LogP contribution is -2.33. The van der Waals surface area contributed by atoms with E-state index in [-0.39, 0.29) is 5.91 Å². The molecule has 0 saturated heterocycles. The first-order valence-corrected chi connectivity index (χ1v) is 9.17. The van der Waals surface area contributed by atoms with Crippen LogP contribution in [0, 0.1) is 0 Å². The summed E-state index contributed by atoms with van der Waals surface area (Å²) in [6, 6.07) is 10.1. The van der Waals surface area contributed by atoms with Crippen LogP contribution in [-0.2, 0) is 13.2 Å². The lowest BCUT2D eigenvalue weighted by molar-refractivity contribution is 0.0707. The molecular weight excluding hydrogens is 368 g/mol. The molecule has 0 atom stereocenters. The number of rotatable bonds is 4. The average molecular weight is 387 g/mol. The van der Waals surface area contributed by atoms with Gasteiger partial charge >= 0.3 is 0 Å². The molecule has 4 rings (SSSR count). The van der Waals surface area contributed by atoms with E-state index in [9.17, 15) is 4.79 Å². The summed E-state index contributed by atoms with van der Waals surface area (Å²) in [6.07, 6.45) is 6.50. The normalized spacial score (nSPS) is 17.4. The number of benzene rings is 1. The van der Waals surface area contributed by atoms with Crippen LogP contribution in [0.15, 0.2) is 41.1 Å². The van der Waals surface area contributed by atoms with E-state index >= 15 is 0 Å². The summed E-state index contributed by atoms with van der Waals surface area (Å²) in [5.74, 6) is 0.990. The molecule has 2 aromatic rings. The number of nitrogens with zero attached hydrogens (tertiary/aromatic N) is 2. The topological polar surface area (TPSA) is 42.4 Å². The summed E-state index contributed by atoms with van der Waals surface area (Å²) >= 11 is 3.36. The smallest absolute Gasteiger partial charge is 0.254 e. The molecule has 1 saturated carbocycles. The lowest BCUT2D eigenvalue weighted by atomic mass is 10.1. The van der Waals surface area contributed by atoms with E-state index in [0.717, 1.165) is 46.4 Å². The van der Waals surface area contributed by atoms with E-state index in [2.05, 4.69) is 20.9 Å². The van der Waals surface area contributed by atoms with Crippen molar-refractivity contribution in [3.05, 3.63) is 57.8 Å². The molecule has 1 aromatic heterocycles. The lowest BCUT2D eigenvalue weighted by Gasteiger charge is -2.23. The zero-order chi connectivity index (χ0) is 16.5. The molecule has 1 aromatic carbocycles. The fourth-order valence-corrected chi connectivity index (χ4v) is 4.03. The molecule has 0 N–H and O–H groups in total. The summed E-state index contributed by atoms with van der Waals surface area (Å²) in [7, 11) is 0. The highest BCUT2D eigenvalue weighted by atomic mass is 79.9. The summed E-state index contributed by atoms with van der Waals surface area (Å²) in [4.78, 5) is 18.7. The number of amides is 1. The van der Waals surface area contributed by atoms with Crippen molar-refractivity contribution in [3.8, 4) is 5.75 Å². The quantitative estimate of drug-likeness (QED) is 0.734. The Morgan fingerprint density at radius 2 is 2.04 bits per heavy atom. The van der Waals surface area contributed by atoms with E-state index in [1.165, 1.54) is 12.8 Å². The van der Waals surface area contributed by atoms with Gasteiger partial charge in [0.2, 0.25) is 0 Å². The van der Waals surface area contributed by atoms with Crippen molar-refractivity contribution in [1.29, 1.82) is 0 Å². The predicted molar refractivity (Wildman–Crippen MR) is 94.8 cm³/mol. The van der Waals surface area contributed by atoms with Gasteiger partial charge in [-0.25, -0.2) is 4.98 Å². The minimum absolute atomic E-state index is 0.182. The number of hydrogen-bond donors (Lipinski definition) is 0. The third-order valence-corrected chi connectivity index (χ3v) is 5.30. The molecule has 2 heterocycles. The molecule has 1 aliphatic carbocycles. The first-order chi connectivity index (χ1) is 11.7. The fourth-order valence-electron chi connectivity index (χ4n) is 3.62. The third kappa shape index (κ3) is 3.05. The van der Waals surface area contributed by atoms with Gasteiger partial charge in [0.05, 0.1) is 0 Å². The Kier molecular flexibility index (Phi) is 4.27. The maximum Gasteiger partial charge on any atom is 0.254 e. The monoisotopic (exact) mass is 386 g/mol. The Morgan fingerprint density at radius 1 is 1.21 bits per heavy atom. The van der Waals surface area contributed by atoms with Crippen LogP contribution in [0.2, 0.25) is 0 Å². The number of fused-ring (bicyclic) bond motifs is 1. The first-order valence-electron chi connectivity index (χ1n) is 8.38. The number of aromatic nitrogens is 1. The van der Waals surface area contributed by atoms with Gasteiger partial charge in [0.25, 0.3) is 5.91 Å². The maximum absolute atomic E-state index is 12.6. The number of ether oxygens (including phenoxy) is 1. The second kappa shape index (κ2) is 6.55. The highest BCUT2D eigenvalue weighted by Gasteiger charge is 2.34. The van der Waals surface area contributed by atoms with Crippen molar-refractivity contribution < 1.29 is 9.53 Å². The number of carbonyl (C=O) groups is 1. The van der Waals surface area contributed by atoms with Gasteiger partial charge in [0.15, 0.2) is 0 Å². The van der Waals surface area contributed by atoms with Crippen LogP contribution in [0.4, 0.5) is 0 Å². The van der Waals surface area contributed by atoms with Gasteiger partial charge in [0.1, 0.15) is 17.0 Å². The third-order valence-electron chi connectivity index (χ3n) is 4.87. The van der Waals surface area contributed by atoms with Crippen molar-refractivity contribution in [3.63, 3.8) is 0 Å². The van der Waals surface area contributed by atoms with Gasteiger partial charge in [-0.3, -0.25) is 4.79 Å². The predicted octanol–water partition coefficient (Wildman–Crippen LogP) is 4.32. The standard InChI is InChI=1S/C19H19BrN2O2/c20-18-9-13(7-8-21-18)12-24-16-5-6-17-14(10-16)11-22(19(17)23)15-3-1-2-4-15/h5-10,15H,1-4,11-12H2. The van der Waals surface area contributed by atoms with Crippen LogP contribution < -0.4 is 4.74 Å². The van der Waals surface area contributed by atoms with Crippen LogP contribution in [0.1, 0.15) is 47.2 Å². The second-order valence-corrected chi connectivity index (χ2v) is 7.28. The molecule has 1 fully saturated rings. The van der Waals surface area contributed by atoms with E-state index < -0.39 is 0 Å². The van der Waals surface area contributed by atoms with E-state index in [0.29, 0.717) is 12.6 Å². The molecule has 5 heteroatoms. The Hall–Kier alpha value is -1.88. The van der Waals surface area contributed by atoms with Crippen molar-refractivity contribution in [2.45, 2.75) is 44.9 Å². The minimum Gasteiger partial charge on any atom is -0.489 e. The summed E-state index contributed by atoms with van der Waals surface area (Å²) in [5, 5.41) is 0. The number of halogens is 1. The van der Waals surface area contributed by atoms with E-state index in [1.807, 2.05) is 35.2 Å². The fraction of sp³-hybridized carbons (Fsp3) is 0.368. The van der Waals surface area contributed by atoms with Crippen molar-refractivity contribution in [1.82, 2.24) is 9.88 Å². The highest BCUT2D eigenvalue weighted by Crippen LogP contribution is 2.33. The molecule has 124 valence electrons. The number of hydrogen-bond acceptors (Lipinski definition) is 3. The minimum atomic E-state index is 0.182. The summed E-state index contributed by atoms with van der Waals surface area (Å²) in [5.41, 5.74) is 2.97. The zero-order valence-electron chi connectivity index (χ0n) is 13.4. The van der Waals surface area contributed by atoms with Gasteiger partial charge < -0.3 is 9.64 Å². The Labute approximate surface area is 150 Å². The first kappa shape index (κ1) is 15.6. The highest BCUT2D eigenvalue weighted by molar-refractivity contribution is 9.10. The maximum atomic E-state index is 12.6. The summed E-state index contributed by atoms with van der Waals surface area (Å²) < 4.78 is 6.69. The van der Waals surface area contributed by atoms with Crippen LogP contribution >= 0.6 is 15.9 Å². The van der Waals surface area contributed by atoms with Gasteiger partial charge in [0, 0.05) is 24.3 Å². The summed E-state index contributed by atoms with van der Waals surface area (Å²) in [6.45, 7) is 1.21. The largest absolute Gasteiger partial charge is 0.489 e. The molecule has 1 amide bonds. The van der Waals surface area contributed by atoms with Crippen molar-refractivity contribution in [2.75, 3.05) is 0 Å². The molecule has 0 spiro atoms. The SMILES string of the molecule is O=C1c2ccc(OCc3ccnc(Br)c3)cc2CN1C1CCCC1. The average Bonchev–Trinajstić information content (AvgIpc) is 3.21. The molecule has 1 aliphatic heterocycles. The van der Waals surface area contributed by atoms with Crippen molar-refractivity contribution >= 4 is 21.8 Å². The molecule has 4 nitrogen and oxygen atoms in total. The molecular formula is C19H19BrN2O2. The molecule has 0 radical (unpaired) electrons. The van der Waals surface area contributed by atoms with Gasteiger partial charge in [-0.15, -0.1) is 0 Å². The van der Waals surface area contributed by atoms with Gasteiger partial charge in [-0.1, -0.05) is 12.8 Å². The Morgan fingerprint density at radius 3 is 2.83 bits per heavy atom. The zero-order valence-corrected chi connectivity index (χ0v) is 15.0. The van der Waals surface area contributed by atoms with E-state index in [1.54, 1.807) is 6.20 Å². The Balaban J connectivity index is 1.47. The second-order valence-electron chi connectivity index (χ2n) is 6.47. The Bertz CT molecular complexity index is 772. The van der Waals surface area contributed by atoms with Gasteiger partial charge in [-0.05, 0) is 70.2 Å². The molecule has 24 heavy (non-hydrogen) atoms. The molecule has 2 aliphatic rings. The molecule has 0 bridgehead atoms. The van der Waals surface area contributed by atoms with Crippen LogP contribution in [0.5, 0.6) is 5.75 Å². The molecule has 0 unspecified atom stereocenters. The van der Waals surface area contributed by atoms with Crippen LogP contribution in [0.25, 0.3) is 0 Å². The number of pyridine rings is 1. The van der Waals surface area contributed by atoms with Crippen LogP contribution in [0.3, 0.4) is 0 Å². The number of carbonyl (C=O) groups excluding carboxylic acids is 1.